The Balaban J connectivity index is 1.75. The van der Waals surface area contributed by atoms with Gasteiger partial charge in [-0.2, -0.15) is 5.26 Å². The zero-order valence-electron chi connectivity index (χ0n) is 15.5. The van der Waals surface area contributed by atoms with Crippen molar-refractivity contribution in [2.45, 2.75) is 12.8 Å². The summed E-state index contributed by atoms with van der Waals surface area (Å²) in [5.74, 6) is 2.65. The number of benzene rings is 2. The van der Waals surface area contributed by atoms with E-state index in [1.165, 1.54) is 0 Å². The number of pyridine rings is 1. The summed E-state index contributed by atoms with van der Waals surface area (Å²) in [6, 6.07) is 10.7. The molecule has 29 heavy (non-hydrogen) atoms. The Bertz CT molecular complexity index is 1100. The maximum atomic E-state index is 8.69. The zero-order chi connectivity index (χ0) is 20.2. The molecule has 4 rings (SSSR count). The van der Waals surface area contributed by atoms with Gasteiger partial charge in [0.05, 0.1) is 34.3 Å². The third-order valence-electron chi connectivity index (χ3n) is 4.33. The molecule has 1 aliphatic rings. The van der Waals surface area contributed by atoms with Crippen LogP contribution in [0.1, 0.15) is 12.8 Å². The Hall–Kier alpha value is -3.37. The van der Waals surface area contributed by atoms with Crippen LogP contribution in [0.3, 0.4) is 0 Å². The third kappa shape index (κ3) is 3.93. The highest BCUT2D eigenvalue weighted by molar-refractivity contribution is 6.33. The average Bonchev–Trinajstić information content (AvgIpc) is 2.74. The second kappa shape index (κ2) is 8.33. The number of hydrogen-bond donors (Lipinski definition) is 1. The number of unbranched alkanes of at least 4 members (excludes halogenated alkanes) is 1. The number of fused-ring (bicyclic) bond motifs is 3. The summed E-state index contributed by atoms with van der Waals surface area (Å²) in [5, 5.41) is 9.78. The van der Waals surface area contributed by atoms with Crippen LogP contribution >= 0.6 is 11.6 Å². The van der Waals surface area contributed by atoms with Gasteiger partial charge >= 0.3 is 0 Å². The van der Waals surface area contributed by atoms with E-state index >= 15 is 0 Å². The highest BCUT2D eigenvalue weighted by atomic mass is 35.5. The van der Waals surface area contributed by atoms with Gasteiger partial charge in [-0.25, -0.2) is 0 Å². The van der Waals surface area contributed by atoms with Gasteiger partial charge in [0.1, 0.15) is 24.7 Å². The predicted octanol–water partition coefficient (Wildman–Crippen LogP) is 4.72. The van der Waals surface area contributed by atoms with Crippen molar-refractivity contribution in [1.82, 2.24) is 4.98 Å². The van der Waals surface area contributed by atoms with E-state index in [1.807, 2.05) is 0 Å². The lowest BCUT2D eigenvalue weighted by molar-refractivity contribution is 0.164. The molecule has 0 fully saturated rings. The van der Waals surface area contributed by atoms with E-state index in [1.54, 1.807) is 36.5 Å². The largest absolute Gasteiger partial charge is 0.489 e. The van der Waals surface area contributed by atoms with Crippen molar-refractivity contribution in [3.05, 3.63) is 41.6 Å². The quantitative estimate of drug-likeness (QED) is 0.462. The lowest BCUT2D eigenvalue weighted by atomic mass is 10.1. The fourth-order valence-electron chi connectivity index (χ4n) is 3.00. The lowest BCUT2D eigenvalue weighted by Gasteiger charge is -2.23. The van der Waals surface area contributed by atoms with Crippen LogP contribution in [0.25, 0.3) is 10.9 Å². The Morgan fingerprint density at radius 3 is 2.76 bits per heavy atom. The van der Waals surface area contributed by atoms with E-state index in [2.05, 4.69) is 11.1 Å². The first-order valence-corrected chi connectivity index (χ1v) is 9.49. The molecule has 2 N–H and O–H groups in total. The van der Waals surface area contributed by atoms with Crippen molar-refractivity contribution in [1.29, 1.82) is 5.26 Å². The number of ether oxygens (including phenoxy) is 4. The van der Waals surface area contributed by atoms with Crippen molar-refractivity contribution in [2.24, 2.45) is 0 Å². The SMILES string of the molecule is N#CCCCOc1cc2nccc(Oc3ccc(N)c(Cl)c3)c2c2c1OCCO2. The van der Waals surface area contributed by atoms with Crippen molar-refractivity contribution in [3.63, 3.8) is 0 Å². The van der Waals surface area contributed by atoms with Crippen molar-refractivity contribution in [2.75, 3.05) is 25.6 Å². The Morgan fingerprint density at radius 1 is 1.14 bits per heavy atom. The Morgan fingerprint density at radius 2 is 1.97 bits per heavy atom. The van der Waals surface area contributed by atoms with Crippen LogP contribution in [0.2, 0.25) is 5.02 Å². The number of anilines is 1. The number of nitrogens with zero attached hydrogens (tertiary/aromatic N) is 2. The van der Waals surface area contributed by atoms with Crippen LogP contribution in [0.15, 0.2) is 36.5 Å². The number of nitrogen functional groups attached to an aromatic ring is 1. The summed E-state index contributed by atoms with van der Waals surface area (Å²) in [6.45, 7) is 1.22. The minimum atomic E-state index is 0.398. The van der Waals surface area contributed by atoms with Crippen LogP contribution in [0.5, 0.6) is 28.7 Å². The summed E-state index contributed by atoms with van der Waals surface area (Å²) in [7, 11) is 0. The molecule has 0 bridgehead atoms. The molecule has 0 aliphatic carbocycles. The van der Waals surface area contributed by atoms with Crippen LogP contribution in [0.4, 0.5) is 5.69 Å². The highest BCUT2D eigenvalue weighted by Gasteiger charge is 2.24. The van der Waals surface area contributed by atoms with Gasteiger partial charge in [0.2, 0.25) is 5.75 Å². The van der Waals surface area contributed by atoms with Crippen molar-refractivity contribution < 1.29 is 18.9 Å². The minimum absolute atomic E-state index is 0.398. The molecule has 0 atom stereocenters. The molecule has 0 amide bonds. The molecule has 3 aromatic rings. The average molecular weight is 412 g/mol. The van der Waals surface area contributed by atoms with Gasteiger partial charge in [-0.05, 0) is 24.6 Å². The van der Waals surface area contributed by atoms with Crippen LogP contribution in [-0.2, 0) is 0 Å². The number of halogens is 1. The monoisotopic (exact) mass is 411 g/mol. The highest BCUT2D eigenvalue weighted by Crippen LogP contribution is 2.48. The second-order valence-electron chi connectivity index (χ2n) is 6.33. The third-order valence-corrected chi connectivity index (χ3v) is 4.66. The normalized spacial score (nSPS) is 12.4. The second-order valence-corrected chi connectivity index (χ2v) is 6.74. The van der Waals surface area contributed by atoms with Gasteiger partial charge in [0, 0.05) is 24.8 Å². The number of nitriles is 1. The van der Waals surface area contributed by atoms with Gasteiger partial charge in [-0.15, -0.1) is 0 Å². The van der Waals surface area contributed by atoms with Gasteiger partial charge in [-0.3, -0.25) is 4.98 Å². The maximum absolute atomic E-state index is 8.69. The fourth-order valence-corrected chi connectivity index (χ4v) is 3.17. The molecule has 0 spiro atoms. The van der Waals surface area contributed by atoms with Gasteiger partial charge in [-0.1, -0.05) is 11.6 Å². The molecule has 2 aromatic carbocycles. The van der Waals surface area contributed by atoms with E-state index in [4.69, 9.17) is 41.5 Å². The van der Waals surface area contributed by atoms with Gasteiger partial charge in [0.15, 0.2) is 11.5 Å². The van der Waals surface area contributed by atoms with Crippen LogP contribution < -0.4 is 24.7 Å². The molecule has 0 unspecified atom stereocenters. The molecule has 1 aliphatic heterocycles. The molecule has 7 nitrogen and oxygen atoms in total. The maximum Gasteiger partial charge on any atom is 0.204 e. The first-order chi connectivity index (χ1) is 14.2. The van der Waals surface area contributed by atoms with E-state index in [0.717, 1.165) is 0 Å². The van der Waals surface area contributed by atoms with Gasteiger partial charge < -0.3 is 24.7 Å². The van der Waals surface area contributed by atoms with E-state index in [0.29, 0.717) is 83.0 Å². The van der Waals surface area contributed by atoms with Crippen molar-refractivity contribution >= 4 is 28.2 Å². The molecule has 148 valence electrons. The molecule has 2 heterocycles. The predicted molar refractivity (Wildman–Crippen MR) is 109 cm³/mol. The van der Waals surface area contributed by atoms with E-state index in [-0.39, 0.29) is 0 Å². The topological polar surface area (TPSA) is 99.6 Å². The Kier molecular flexibility index (Phi) is 5.45. The molecule has 8 heteroatoms. The summed E-state index contributed by atoms with van der Waals surface area (Å²) >= 11 is 6.11. The zero-order valence-corrected chi connectivity index (χ0v) is 16.2. The molecule has 0 saturated heterocycles. The molecular weight excluding hydrogens is 394 g/mol. The Labute approximate surface area is 172 Å². The fraction of sp³-hybridized carbons (Fsp3) is 0.238. The first-order valence-electron chi connectivity index (χ1n) is 9.11. The first kappa shape index (κ1) is 19.0. The number of aromatic nitrogens is 1. The summed E-state index contributed by atoms with van der Waals surface area (Å²) < 4.78 is 23.6. The summed E-state index contributed by atoms with van der Waals surface area (Å²) in [6.07, 6.45) is 2.69. The molecule has 0 saturated carbocycles. The van der Waals surface area contributed by atoms with Gasteiger partial charge in [0.25, 0.3) is 0 Å². The van der Waals surface area contributed by atoms with Crippen LogP contribution in [-0.4, -0.2) is 24.8 Å². The van der Waals surface area contributed by atoms with E-state index in [9.17, 15) is 0 Å². The minimum Gasteiger partial charge on any atom is -0.489 e. The lowest BCUT2D eigenvalue weighted by Crippen LogP contribution is -2.17. The number of rotatable bonds is 6. The van der Waals surface area contributed by atoms with Crippen LogP contribution in [0, 0.1) is 11.3 Å². The van der Waals surface area contributed by atoms with E-state index < -0.39 is 0 Å². The number of nitrogens with two attached hydrogens (primary N) is 1. The smallest absolute Gasteiger partial charge is 0.204 e. The molecule has 1 aromatic heterocycles. The molecular formula is C21H18ClN3O4. The van der Waals surface area contributed by atoms with Crippen molar-refractivity contribution in [3.8, 4) is 34.8 Å². The summed E-state index contributed by atoms with van der Waals surface area (Å²) in [4.78, 5) is 4.43. The summed E-state index contributed by atoms with van der Waals surface area (Å²) in [5.41, 5.74) is 6.89. The molecule has 0 radical (unpaired) electrons. The number of hydrogen-bond acceptors (Lipinski definition) is 7. The standard InChI is InChI=1S/C21H18ClN3O4/c22-14-11-13(3-4-15(14)24)29-17-5-7-25-16-12-18(26-8-2-1-6-23)20-21(19(16)17)28-10-9-27-20/h3-5,7,11-12H,1-2,8-10,24H2.